The molecule has 106 valence electrons. The van der Waals surface area contributed by atoms with Crippen LogP contribution in [0, 0.1) is 0 Å². The van der Waals surface area contributed by atoms with Crippen molar-refractivity contribution in [3.05, 3.63) is 29.8 Å². The van der Waals surface area contributed by atoms with Gasteiger partial charge in [0.2, 0.25) is 5.91 Å². The van der Waals surface area contributed by atoms with E-state index in [4.69, 9.17) is 10.8 Å². The van der Waals surface area contributed by atoms with Crippen molar-refractivity contribution in [3.8, 4) is 0 Å². The van der Waals surface area contributed by atoms with Crippen LogP contribution in [-0.4, -0.2) is 35.1 Å². The Morgan fingerprint density at radius 2 is 2.05 bits per heavy atom. The van der Waals surface area contributed by atoms with Gasteiger partial charge in [0.1, 0.15) is 0 Å². The summed E-state index contributed by atoms with van der Waals surface area (Å²) in [6.45, 7) is 4.52. The molecule has 0 heterocycles. The van der Waals surface area contributed by atoms with Gasteiger partial charge in [-0.25, -0.2) is 0 Å². The molecular formula is C15H24N2O2. The molecule has 0 fully saturated rings. The molecule has 0 saturated carbocycles. The van der Waals surface area contributed by atoms with Gasteiger partial charge < -0.3 is 15.7 Å². The summed E-state index contributed by atoms with van der Waals surface area (Å²) in [5, 5.41) is 9.12. The Bertz CT molecular complexity index is 403. The lowest BCUT2D eigenvalue weighted by Gasteiger charge is -2.30. The van der Waals surface area contributed by atoms with Crippen molar-refractivity contribution in [2.75, 3.05) is 18.9 Å². The van der Waals surface area contributed by atoms with Gasteiger partial charge in [-0.1, -0.05) is 26.0 Å². The van der Waals surface area contributed by atoms with Crippen molar-refractivity contribution in [2.24, 2.45) is 0 Å². The van der Waals surface area contributed by atoms with Crippen molar-refractivity contribution in [1.29, 1.82) is 0 Å². The minimum Gasteiger partial charge on any atom is -0.399 e. The van der Waals surface area contributed by atoms with Crippen LogP contribution in [-0.2, 0) is 11.2 Å². The van der Waals surface area contributed by atoms with E-state index in [9.17, 15) is 4.79 Å². The highest BCUT2D eigenvalue weighted by Crippen LogP contribution is 2.13. The number of nitrogens with two attached hydrogens (primary N) is 1. The molecule has 1 aromatic carbocycles. The summed E-state index contributed by atoms with van der Waals surface area (Å²) in [6, 6.07) is 7.58. The number of carbonyl (C=O) groups is 1. The van der Waals surface area contributed by atoms with Crippen LogP contribution >= 0.6 is 0 Å². The lowest BCUT2D eigenvalue weighted by atomic mass is 10.1. The Morgan fingerprint density at radius 1 is 1.37 bits per heavy atom. The van der Waals surface area contributed by atoms with Gasteiger partial charge in [-0.3, -0.25) is 4.79 Å². The molecule has 1 rings (SSSR count). The number of aliphatic hydroxyl groups is 1. The summed E-state index contributed by atoms with van der Waals surface area (Å²) < 4.78 is 0. The minimum absolute atomic E-state index is 0.000825. The molecule has 0 saturated heterocycles. The normalized spacial score (nSPS) is 10.7. The van der Waals surface area contributed by atoms with Gasteiger partial charge in [-0.05, 0) is 30.5 Å². The molecule has 1 aromatic rings. The van der Waals surface area contributed by atoms with Crippen LogP contribution in [0.4, 0.5) is 5.69 Å². The first kappa shape index (κ1) is 15.5. The number of nitrogens with zero attached hydrogens (tertiary/aromatic N) is 1. The standard InChI is InChI=1S/C15H24N2O2/c1-3-14(4-2)17(8-9-18)15(19)11-12-6-5-7-13(16)10-12/h5-7,10,14,18H,3-4,8-9,11,16H2,1-2H3. The topological polar surface area (TPSA) is 66.6 Å². The highest BCUT2D eigenvalue weighted by Gasteiger charge is 2.20. The first-order chi connectivity index (χ1) is 9.12. The van der Waals surface area contributed by atoms with Gasteiger partial charge in [0, 0.05) is 18.3 Å². The number of aliphatic hydroxyl groups excluding tert-OH is 1. The summed E-state index contributed by atoms with van der Waals surface area (Å²) in [5.41, 5.74) is 7.30. The fourth-order valence-corrected chi connectivity index (χ4v) is 2.33. The SMILES string of the molecule is CCC(CC)N(CCO)C(=O)Cc1cccc(N)c1. The maximum Gasteiger partial charge on any atom is 0.227 e. The third-order valence-corrected chi connectivity index (χ3v) is 3.35. The number of benzene rings is 1. The van der Waals surface area contributed by atoms with E-state index in [0.717, 1.165) is 18.4 Å². The second kappa shape index (κ2) is 7.79. The second-order valence-corrected chi connectivity index (χ2v) is 4.70. The average molecular weight is 264 g/mol. The third-order valence-electron chi connectivity index (χ3n) is 3.35. The van der Waals surface area contributed by atoms with Crippen LogP contribution in [0.15, 0.2) is 24.3 Å². The number of anilines is 1. The first-order valence-corrected chi connectivity index (χ1v) is 6.87. The molecule has 0 atom stereocenters. The smallest absolute Gasteiger partial charge is 0.227 e. The zero-order chi connectivity index (χ0) is 14.3. The number of nitrogen functional groups attached to an aromatic ring is 1. The summed E-state index contributed by atoms with van der Waals surface area (Å²) in [7, 11) is 0. The highest BCUT2D eigenvalue weighted by molar-refractivity contribution is 5.79. The molecule has 0 unspecified atom stereocenters. The second-order valence-electron chi connectivity index (χ2n) is 4.70. The van der Waals surface area contributed by atoms with E-state index < -0.39 is 0 Å². The van der Waals surface area contributed by atoms with Crippen LogP contribution in [0.5, 0.6) is 0 Å². The molecule has 0 bridgehead atoms. The lowest BCUT2D eigenvalue weighted by Crippen LogP contribution is -2.42. The highest BCUT2D eigenvalue weighted by atomic mass is 16.3. The summed E-state index contributed by atoms with van der Waals surface area (Å²) in [5.74, 6) is 0.0494. The Morgan fingerprint density at radius 3 is 2.58 bits per heavy atom. The number of carbonyl (C=O) groups excluding carboxylic acids is 1. The Labute approximate surface area is 115 Å². The van der Waals surface area contributed by atoms with E-state index in [1.807, 2.05) is 18.2 Å². The van der Waals surface area contributed by atoms with Crippen LogP contribution in [0.25, 0.3) is 0 Å². The largest absolute Gasteiger partial charge is 0.399 e. The molecular weight excluding hydrogens is 240 g/mol. The first-order valence-electron chi connectivity index (χ1n) is 6.87. The monoisotopic (exact) mass is 264 g/mol. The van der Waals surface area contributed by atoms with Crippen molar-refractivity contribution in [2.45, 2.75) is 39.2 Å². The van der Waals surface area contributed by atoms with E-state index in [1.54, 1.807) is 11.0 Å². The zero-order valence-corrected chi connectivity index (χ0v) is 11.8. The number of hydrogen-bond donors (Lipinski definition) is 2. The Kier molecular flexibility index (Phi) is 6.36. The molecule has 3 N–H and O–H groups in total. The van der Waals surface area contributed by atoms with Crippen LogP contribution in [0.2, 0.25) is 0 Å². The van der Waals surface area contributed by atoms with E-state index in [1.165, 1.54) is 0 Å². The Balaban J connectivity index is 2.76. The van der Waals surface area contributed by atoms with E-state index in [-0.39, 0.29) is 18.6 Å². The van der Waals surface area contributed by atoms with Crippen LogP contribution in [0.1, 0.15) is 32.3 Å². The van der Waals surface area contributed by atoms with Gasteiger partial charge in [0.05, 0.1) is 13.0 Å². The van der Waals surface area contributed by atoms with E-state index >= 15 is 0 Å². The molecule has 0 spiro atoms. The fraction of sp³-hybridized carbons (Fsp3) is 0.533. The lowest BCUT2D eigenvalue weighted by molar-refractivity contribution is -0.133. The number of rotatable bonds is 7. The summed E-state index contributed by atoms with van der Waals surface area (Å²) in [4.78, 5) is 14.1. The molecule has 0 aliphatic carbocycles. The van der Waals surface area contributed by atoms with Crippen LogP contribution in [0.3, 0.4) is 0 Å². The predicted octanol–water partition coefficient (Wildman–Crippen LogP) is 1.82. The van der Waals surface area contributed by atoms with Crippen molar-refractivity contribution in [3.63, 3.8) is 0 Å². The summed E-state index contributed by atoms with van der Waals surface area (Å²) >= 11 is 0. The van der Waals surface area contributed by atoms with E-state index in [0.29, 0.717) is 18.7 Å². The minimum atomic E-state index is -0.000825. The number of hydrogen-bond acceptors (Lipinski definition) is 3. The van der Waals surface area contributed by atoms with Crippen LogP contribution < -0.4 is 5.73 Å². The van der Waals surface area contributed by atoms with Gasteiger partial charge in [-0.15, -0.1) is 0 Å². The molecule has 0 radical (unpaired) electrons. The van der Waals surface area contributed by atoms with E-state index in [2.05, 4.69) is 13.8 Å². The summed E-state index contributed by atoms with van der Waals surface area (Å²) in [6.07, 6.45) is 2.14. The zero-order valence-electron chi connectivity index (χ0n) is 11.8. The predicted molar refractivity (Wildman–Crippen MR) is 77.7 cm³/mol. The molecule has 0 aliphatic heterocycles. The fourth-order valence-electron chi connectivity index (χ4n) is 2.33. The Hall–Kier alpha value is -1.55. The molecule has 4 heteroatoms. The van der Waals surface area contributed by atoms with Gasteiger partial charge in [-0.2, -0.15) is 0 Å². The van der Waals surface area contributed by atoms with Crippen molar-refractivity contribution < 1.29 is 9.90 Å². The molecule has 1 amide bonds. The number of amides is 1. The maximum atomic E-state index is 12.3. The molecule has 19 heavy (non-hydrogen) atoms. The average Bonchev–Trinajstić information content (AvgIpc) is 2.39. The van der Waals surface area contributed by atoms with Gasteiger partial charge in [0.15, 0.2) is 0 Å². The van der Waals surface area contributed by atoms with Gasteiger partial charge >= 0.3 is 0 Å². The molecule has 0 aromatic heterocycles. The van der Waals surface area contributed by atoms with Crippen molar-refractivity contribution >= 4 is 11.6 Å². The maximum absolute atomic E-state index is 12.3. The molecule has 0 aliphatic rings. The quantitative estimate of drug-likeness (QED) is 0.738. The molecule has 4 nitrogen and oxygen atoms in total. The van der Waals surface area contributed by atoms with Gasteiger partial charge in [0.25, 0.3) is 0 Å². The third kappa shape index (κ3) is 4.56. The van der Waals surface area contributed by atoms with Crippen molar-refractivity contribution in [1.82, 2.24) is 4.90 Å².